The van der Waals surface area contributed by atoms with Gasteiger partial charge in [-0.25, -0.2) is 8.42 Å². The summed E-state index contributed by atoms with van der Waals surface area (Å²) in [5, 5.41) is 7.86. The monoisotopic (exact) mass is 313 g/mol. The Kier molecular flexibility index (Phi) is 3.61. The molecule has 1 atom stereocenters. The molecule has 8 heteroatoms. The van der Waals surface area contributed by atoms with Gasteiger partial charge in [0.1, 0.15) is 0 Å². The fourth-order valence-corrected chi connectivity index (χ4v) is 4.73. The largest absolute Gasteiger partial charge is 0.338 e. The van der Waals surface area contributed by atoms with E-state index < -0.39 is 9.84 Å². The molecular weight excluding hydrogens is 298 g/mol. The van der Waals surface area contributed by atoms with Crippen LogP contribution in [0.4, 0.5) is 0 Å². The normalized spacial score (nSPS) is 21.6. The smallest absolute Gasteiger partial charge is 0.241 e. The summed E-state index contributed by atoms with van der Waals surface area (Å²) >= 11 is 1.58. The Labute approximate surface area is 121 Å². The number of hydrogen-bond acceptors (Lipinski definition) is 7. The second-order valence-electron chi connectivity index (χ2n) is 5.00. The Morgan fingerprint density at radius 3 is 3.05 bits per heavy atom. The van der Waals surface area contributed by atoms with Gasteiger partial charge < -0.3 is 4.52 Å². The second-order valence-corrected chi connectivity index (χ2v) is 8.00. The molecule has 1 aliphatic rings. The van der Waals surface area contributed by atoms with E-state index in [-0.39, 0.29) is 17.5 Å². The molecule has 1 unspecified atom stereocenters. The van der Waals surface area contributed by atoms with Crippen LogP contribution in [0.5, 0.6) is 0 Å². The molecule has 0 spiro atoms. The highest BCUT2D eigenvalue weighted by atomic mass is 32.2. The molecule has 1 saturated heterocycles. The Bertz CT molecular complexity index is 679. The SMILES string of the molecule is CN(Cc1nc(-c2ccsc2)no1)C1CCS(=O)(=O)C1. The number of sulfone groups is 1. The van der Waals surface area contributed by atoms with Gasteiger partial charge in [0, 0.05) is 17.0 Å². The molecule has 3 heterocycles. The highest BCUT2D eigenvalue weighted by Crippen LogP contribution is 2.21. The average molecular weight is 313 g/mol. The van der Waals surface area contributed by atoms with Gasteiger partial charge in [-0.15, -0.1) is 0 Å². The van der Waals surface area contributed by atoms with Crippen molar-refractivity contribution in [3.63, 3.8) is 0 Å². The summed E-state index contributed by atoms with van der Waals surface area (Å²) in [5.74, 6) is 1.58. The van der Waals surface area contributed by atoms with Gasteiger partial charge in [-0.1, -0.05) is 5.16 Å². The molecule has 2 aromatic rings. The van der Waals surface area contributed by atoms with E-state index in [0.29, 0.717) is 24.7 Å². The van der Waals surface area contributed by atoms with Crippen LogP contribution in [0.3, 0.4) is 0 Å². The summed E-state index contributed by atoms with van der Waals surface area (Å²) in [6, 6.07) is 1.98. The fraction of sp³-hybridized carbons (Fsp3) is 0.500. The molecule has 20 heavy (non-hydrogen) atoms. The zero-order valence-electron chi connectivity index (χ0n) is 11.0. The van der Waals surface area contributed by atoms with Crippen molar-refractivity contribution < 1.29 is 12.9 Å². The minimum atomic E-state index is -2.87. The second kappa shape index (κ2) is 5.27. The average Bonchev–Trinajstić information content (AvgIpc) is 3.07. The quantitative estimate of drug-likeness (QED) is 0.849. The van der Waals surface area contributed by atoms with Crippen LogP contribution < -0.4 is 0 Å². The van der Waals surface area contributed by atoms with Crippen LogP contribution in [-0.4, -0.2) is 48.1 Å². The van der Waals surface area contributed by atoms with Crippen LogP contribution in [0.2, 0.25) is 0 Å². The lowest BCUT2D eigenvalue weighted by atomic mass is 10.2. The third-order valence-corrected chi connectivity index (χ3v) is 5.90. The topological polar surface area (TPSA) is 76.3 Å². The van der Waals surface area contributed by atoms with Crippen molar-refractivity contribution >= 4 is 21.2 Å². The maximum Gasteiger partial charge on any atom is 0.241 e. The first-order valence-electron chi connectivity index (χ1n) is 6.29. The summed E-state index contributed by atoms with van der Waals surface area (Å²) < 4.78 is 28.2. The maximum absolute atomic E-state index is 11.5. The van der Waals surface area contributed by atoms with Crippen LogP contribution >= 0.6 is 11.3 Å². The van der Waals surface area contributed by atoms with Gasteiger partial charge in [0.25, 0.3) is 0 Å². The van der Waals surface area contributed by atoms with Crippen molar-refractivity contribution in [1.82, 2.24) is 15.0 Å². The fourth-order valence-electron chi connectivity index (χ4n) is 2.29. The number of thiophene rings is 1. The summed E-state index contributed by atoms with van der Waals surface area (Å²) in [6.45, 7) is 0.470. The van der Waals surface area contributed by atoms with Crippen molar-refractivity contribution in [2.24, 2.45) is 0 Å². The van der Waals surface area contributed by atoms with Crippen molar-refractivity contribution in [2.45, 2.75) is 19.0 Å². The van der Waals surface area contributed by atoms with E-state index in [2.05, 4.69) is 10.1 Å². The van der Waals surface area contributed by atoms with Gasteiger partial charge in [-0.2, -0.15) is 16.3 Å². The van der Waals surface area contributed by atoms with Crippen molar-refractivity contribution in [3.8, 4) is 11.4 Å². The molecule has 0 aliphatic carbocycles. The first-order valence-corrected chi connectivity index (χ1v) is 9.06. The van der Waals surface area contributed by atoms with Gasteiger partial charge in [0.2, 0.25) is 11.7 Å². The van der Waals surface area contributed by atoms with Crippen LogP contribution in [0, 0.1) is 0 Å². The summed E-state index contributed by atoms with van der Waals surface area (Å²) in [7, 11) is -0.981. The number of hydrogen-bond donors (Lipinski definition) is 0. The van der Waals surface area contributed by atoms with E-state index in [0.717, 1.165) is 5.56 Å². The van der Waals surface area contributed by atoms with Gasteiger partial charge in [-0.05, 0) is 24.9 Å². The van der Waals surface area contributed by atoms with Crippen LogP contribution in [0.15, 0.2) is 21.3 Å². The van der Waals surface area contributed by atoms with Crippen molar-refractivity contribution in [2.75, 3.05) is 18.6 Å². The van der Waals surface area contributed by atoms with E-state index in [1.54, 1.807) is 11.3 Å². The highest BCUT2D eigenvalue weighted by Gasteiger charge is 2.31. The molecule has 0 amide bonds. The Hall–Kier alpha value is -1.25. The molecule has 0 aromatic carbocycles. The molecule has 0 radical (unpaired) electrons. The molecule has 6 nitrogen and oxygen atoms in total. The van der Waals surface area contributed by atoms with E-state index in [1.807, 2.05) is 28.8 Å². The minimum Gasteiger partial charge on any atom is -0.338 e. The van der Waals surface area contributed by atoms with Crippen molar-refractivity contribution in [1.29, 1.82) is 0 Å². The highest BCUT2D eigenvalue weighted by molar-refractivity contribution is 7.91. The predicted molar refractivity (Wildman–Crippen MR) is 76.1 cm³/mol. The predicted octanol–water partition coefficient (Wildman–Crippen LogP) is 1.42. The minimum absolute atomic E-state index is 0.0384. The Balaban J connectivity index is 1.66. The van der Waals surface area contributed by atoms with E-state index in [9.17, 15) is 8.42 Å². The van der Waals surface area contributed by atoms with Crippen molar-refractivity contribution in [3.05, 3.63) is 22.7 Å². The Morgan fingerprint density at radius 2 is 2.40 bits per heavy atom. The third kappa shape index (κ3) is 2.92. The first-order chi connectivity index (χ1) is 9.53. The van der Waals surface area contributed by atoms with E-state index >= 15 is 0 Å². The molecule has 0 saturated carbocycles. The van der Waals surface area contributed by atoms with Gasteiger partial charge >= 0.3 is 0 Å². The number of nitrogens with zero attached hydrogens (tertiary/aromatic N) is 3. The molecule has 1 aliphatic heterocycles. The Morgan fingerprint density at radius 1 is 1.55 bits per heavy atom. The lowest BCUT2D eigenvalue weighted by Gasteiger charge is -2.20. The van der Waals surface area contributed by atoms with Gasteiger partial charge in [0.05, 0.1) is 18.1 Å². The molecule has 2 aromatic heterocycles. The lowest BCUT2D eigenvalue weighted by molar-refractivity contribution is 0.218. The maximum atomic E-state index is 11.5. The molecule has 108 valence electrons. The van der Waals surface area contributed by atoms with Crippen LogP contribution in [-0.2, 0) is 16.4 Å². The standard InChI is InChI=1S/C12H15N3O3S2/c1-15(10-3-5-20(16,17)8-10)6-11-13-12(14-18-11)9-2-4-19-7-9/h2,4,7,10H,3,5-6,8H2,1H3. The summed E-state index contributed by atoms with van der Waals surface area (Å²) in [6.07, 6.45) is 0.671. The molecule has 3 rings (SSSR count). The van der Waals surface area contributed by atoms with Gasteiger partial charge in [-0.3, -0.25) is 4.90 Å². The van der Waals surface area contributed by atoms with E-state index in [1.165, 1.54) is 0 Å². The molecule has 0 bridgehead atoms. The van der Waals surface area contributed by atoms with E-state index in [4.69, 9.17) is 4.52 Å². The zero-order chi connectivity index (χ0) is 14.2. The number of aromatic nitrogens is 2. The summed E-state index contributed by atoms with van der Waals surface area (Å²) in [4.78, 5) is 6.31. The molecule has 0 N–H and O–H groups in total. The summed E-state index contributed by atoms with van der Waals surface area (Å²) in [5.41, 5.74) is 0.941. The van der Waals surface area contributed by atoms with Crippen LogP contribution in [0.25, 0.3) is 11.4 Å². The number of rotatable bonds is 4. The third-order valence-electron chi connectivity index (χ3n) is 3.46. The zero-order valence-corrected chi connectivity index (χ0v) is 12.7. The molecular formula is C12H15N3O3S2. The first kappa shape index (κ1) is 13.7. The van der Waals surface area contributed by atoms with Gasteiger partial charge in [0.15, 0.2) is 9.84 Å². The molecule has 1 fully saturated rings. The van der Waals surface area contributed by atoms with Crippen LogP contribution in [0.1, 0.15) is 12.3 Å². The lowest BCUT2D eigenvalue weighted by Crippen LogP contribution is -2.32.